The SMILES string of the molecule is CCCCCCCCCCCCn1cc[n+](CC(C)=NO)c1.[Cl-]. The van der Waals surface area contributed by atoms with Gasteiger partial charge in [0, 0.05) is 0 Å². The van der Waals surface area contributed by atoms with Crippen molar-refractivity contribution in [1.29, 1.82) is 0 Å². The molecule has 0 saturated heterocycles. The first kappa shape index (κ1) is 22.0. The molecule has 0 aromatic carbocycles. The predicted octanol–water partition coefficient (Wildman–Crippen LogP) is 1.55. The van der Waals surface area contributed by atoms with Crippen LogP contribution in [0.1, 0.15) is 78.1 Å². The zero-order valence-corrected chi connectivity index (χ0v) is 15.6. The van der Waals surface area contributed by atoms with Crippen LogP contribution in [0.5, 0.6) is 0 Å². The number of imidazole rings is 1. The van der Waals surface area contributed by atoms with E-state index in [2.05, 4.69) is 29.2 Å². The van der Waals surface area contributed by atoms with E-state index in [9.17, 15) is 0 Å². The Balaban J connectivity index is 0.00000484. The number of aryl methyl sites for hydroxylation is 1. The van der Waals surface area contributed by atoms with Crippen molar-refractivity contribution in [2.75, 3.05) is 0 Å². The van der Waals surface area contributed by atoms with Crippen molar-refractivity contribution in [2.24, 2.45) is 5.16 Å². The van der Waals surface area contributed by atoms with Crippen molar-refractivity contribution in [1.82, 2.24) is 4.57 Å². The van der Waals surface area contributed by atoms with Gasteiger partial charge in [-0.1, -0.05) is 63.4 Å². The Morgan fingerprint density at radius 1 is 1.00 bits per heavy atom. The summed E-state index contributed by atoms with van der Waals surface area (Å²) in [6.45, 7) is 5.83. The Labute approximate surface area is 148 Å². The maximum Gasteiger partial charge on any atom is 0.244 e. The van der Waals surface area contributed by atoms with E-state index in [1.54, 1.807) is 0 Å². The van der Waals surface area contributed by atoms with Crippen LogP contribution in [0, 0.1) is 0 Å². The van der Waals surface area contributed by atoms with Crippen LogP contribution in [0.15, 0.2) is 23.9 Å². The van der Waals surface area contributed by atoms with Gasteiger partial charge in [0.05, 0.1) is 12.3 Å². The summed E-state index contributed by atoms with van der Waals surface area (Å²) in [5.74, 6) is 0. The molecule has 1 N–H and O–H groups in total. The lowest BCUT2D eigenvalue weighted by molar-refractivity contribution is -0.681. The van der Waals surface area contributed by atoms with Crippen LogP contribution in [0.2, 0.25) is 0 Å². The molecular weight excluding hydrogens is 310 g/mol. The van der Waals surface area contributed by atoms with Crippen molar-refractivity contribution in [2.45, 2.75) is 91.1 Å². The minimum Gasteiger partial charge on any atom is -1.00 e. The van der Waals surface area contributed by atoms with Gasteiger partial charge in [-0.05, 0) is 19.8 Å². The van der Waals surface area contributed by atoms with Gasteiger partial charge in [-0.25, -0.2) is 9.13 Å². The summed E-state index contributed by atoms with van der Waals surface area (Å²) in [6.07, 6.45) is 20.0. The molecule has 0 spiro atoms. The third kappa shape index (κ3) is 11.2. The largest absolute Gasteiger partial charge is 1.00 e. The molecule has 0 amide bonds. The highest BCUT2D eigenvalue weighted by atomic mass is 35.5. The molecular formula is C18H34ClN3O. The molecule has 1 aromatic rings. The smallest absolute Gasteiger partial charge is 0.244 e. The standard InChI is InChI=1S/C18H33N3O.ClH/c1-3-4-5-6-7-8-9-10-11-12-13-20-14-15-21(17-20)16-18(2)19-22;/h14-15,17H,3-13,16H2,1-2H3;1H. The van der Waals surface area contributed by atoms with Gasteiger partial charge < -0.3 is 17.6 Å². The second-order valence-corrected chi connectivity index (χ2v) is 6.34. The second kappa shape index (κ2) is 14.6. The number of unbranched alkanes of at least 4 members (excludes halogenated alkanes) is 9. The van der Waals surface area contributed by atoms with Crippen LogP contribution in [0.3, 0.4) is 0 Å². The molecule has 1 rings (SSSR count). The molecule has 1 heterocycles. The zero-order chi connectivity index (χ0) is 16.0. The van der Waals surface area contributed by atoms with Crippen LogP contribution >= 0.6 is 0 Å². The van der Waals surface area contributed by atoms with E-state index in [-0.39, 0.29) is 12.4 Å². The fraction of sp³-hybridized carbons (Fsp3) is 0.778. The van der Waals surface area contributed by atoms with E-state index in [0.29, 0.717) is 6.54 Å². The molecule has 0 fully saturated rings. The normalized spacial score (nSPS) is 11.5. The summed E-state index contributed by atoms with van der Waals surface area (Å²) in [4.78, 5) is 0. The number of oxime groups is 1. The van der Waals surface area contributed by atoms with Crippen molar-refractivity contribution in [3.8, 4) is 0 Å². The van der Waals surface area contributed by atoms with Gasteiger partial charge in [0.25, 0.3) is 0 Å². The van der Waals surface area contributed by atoms with Gasteiger partial charge in [0.1, 0.15) is 18.9 Å². The average Bonchev–Trinajstić information content (AvgIpc) is 2.96. The molecule has 1 aromatic heterocycles. The number of nitrogens with zero attached hydrogens (tertiary/aromatic N) is 3. The maximum atomic E-state index is 8.68. The summed E-state index contributed by atoms with van der Waals surface area (Å²) < 4.78 is 4.26. The fourth-order valence-electron chi connectivity index (χ4n) is 2.74. The molecule has 134 valence electrons. The van der Waals surface area contributed by atoms with E-state index in [4.69, 9.17) is 5.21 Å². The van der Waals surface area contributed by atoms with Crippen LogP contribution in [0.4, 0.5) is 0 Å². The summed E-state index contributed by atoms with van der Waals surface area (Å²) in [6, 6.07) is 0. The topological polar surface area (TPSA) is 41.4 Å². The van der Waals surface area contributed by atoms with Crippen molar-refractivity contribution >= 4 is 5.71 Å². The van der Waals surface area contributed by atoms with Crippen LogP contribution in [0.25, 0.3) is 0 Å². The molecule has 0 atom stereocenters. The molecule has 0 saturated carbocycles. The van der Waals surface area contributed by atoms with E-state index in [0.717, 1.165) is 12.3 Å². The van der Waals surface area contributed by atoms with E-state index in [1.165, 1.54) is 64.2 Å². The molecule has 4 nitrogen and oxygen atoms in total. The Morgan fingerprint density at radius 2 is 1.57 bits per heavy atom. The Bertz CT molecular complexity index is 418. The van der Waals surface area contributed by atoms with Gasteiger partial charge in [-0.3, -0.25) is 0 Å². The first-order valence-electron chi connectivity index (χ1n) is 8.98. The first-order valence-corrected chi connectivity index (χ1v) is 8.98. The maximum absolute atomic E-state index is 8.68. The quantitative estimate of drug-likeness (QED) is 0.191. The lowest BCUT2D eigenvalue weighted by Crippen LogP contribution is -3.00. The summed E-state index contributed by atoms with van der Waals surface area (Å²) >= 11 is 0. The third-order valence-electron chi connectivity index (χ3n) is 4.10. The molecule has 0 aliphatic heterocycles. The molecule has 0 bridgehead atoms. The summed E-state index contributed by atoms with van der Waals surface area (Å²) in [5.41, 5.74) is 0.724. The first-order chi connectivity index (χ1) is 10.8. The second-order valence-electron chi connectivity index (χ2n) is 6.34. The molecule has 5 heteroatoms. The summed E-state index contributed by atoms with van der Waals surface area (Å²) in [7, 11) is 0. The van der Waals surface area contributed by atoms with E-state index in [1.807, 2.05) is 17.7 Å². The molecule has 23 heavy (non-hydrogen) atoms. The molecule has 0 unspecified atom stereocenters. The lowest BCUT2D eigenvalue weighted by atomic mass is 10.1. The predicted molar refractivity (Wildman–Crippen MR) is 91.4 cm³/mol. The lowest BCUT2D eigenvalue weighted by Gasteiger charge is -2.01. The number of hydrogen-bond donors (Lipinski definition) is 1. The van der Waals surface area contributed by atoms with Crippen molar-refractivity contribution in [3.05, 3.63) is 18.7 Å². The van der Waals surface area contributed by atoms with Crippen molar-refractivity contribution < 1.29 is 22.2 Å². The monoisotopic (exact) mass is 343 g/mol. The fourth-order valence-corrected chi connectivity index (χ4v) is 2.74. The average molecular weight is 344 g/mol. The number of halogens is 1. The van der Waals surface area contributed by atoms with Gasteiger partial charge in [0.15, 0.2) is 0 Å². The van der Waals surface area contributed by atoms with Crippen LogP contribution in [-0.4, -0.2) is 15.5 Å². The highest BCUT2D eigenvalue weighted by Gasteiger charge is 2.04. The van der Waals surface area contributed by atoms with E-state index < -0.39 is 0 Å². The zero-order valence-electron chi connectivity index (χ0n) is 14.9. The minimum atomic E-state index is 0. The Hall–Kier alpha value is -1.03. The van der Waals surface area contributed by atoms with Crippen LogP contribution in [-0.2, 0) is 13.1 Å². The number of aromatic nitrogens is 2. The van der Waals surface area contributed by atoms with Crippen molar-refractivity contribution in [3.63, 3.8) is 0 Å². The van der Waals surface area contributed by atoms with Gasteiger partial charge in [-0.2, -0.15) is 0 Å². The molecule has 0 radical (unpaired) electrons. The number of rotatable bonds is 13. The molecule has 0 aliphatic rings. The third-order valence-corrected chi connectivity index (χ3v) is 4.10. The highest BCUT2D eigenvalue weighted by molar-refractivity contribution is 5.79. The Morgan fingerprint density at radius 3 is 2.13 bits per heavy atom. The minimum absolute atomic E-state index is 0. The van der Waals surface area contributed by atoms with Gasteiger partial charge >= 0.3 is 0 Å². The highest BCUT2D eigenvalue weighted by Crippen LogP contribution is 2.10. The Kier molecular flexibility index (Phi) is 13.9. The number of hydrogen-bond acceptors (Lipinski definition) is 2. The van der Waals surface area contributed by atoms with Crippen LogP contribution < -0.4 is 17.0 Å². The molecule has 0 aliphatic carbocycles. The van der Waals surface area contributed by atoms with Gasteiger partial charge in [-0.15, -0.1) is 0 Å². The summed E-state index contributed by atoms with van der Waals surface area (Å²) in [5, 5.41) is 11.9. The van der Waals surface area contributed by atoms with Gasteiger partial charge in [0.2, 0.25) is 6.33 Å². The van der Waals surface area contributed by atoms with E-state index >= 15 is 0 Å².